The molecule has 0 unspecified atom stereocenters. The van der Waals surface area contributed by atoms with E-state index in [0.29, 0.717) is 6.29 Å². The van der Waals surface area contributed by atoms with Gasteiger partial charge in [-0.15, -0.1) is 0 Å². The number of halogens is 1. The Labute approximate surface area is 74.6 Å². The van der Waals surface area contributed by atoms with E-state index in [1.807, 2.05) is 0 Å². The van der Waals surface area contributed by atoms with E-state index in [-0.39, 0.29) is 11.1 Å². The van der Waals surface area contributed by atoms with Crippen LogP contribution in [0.25, 0.3) is 0 Å². The maximum absolute atomic E-state index is 13.2. The van der Waals surface area contributed by atoms with Gasteiger partial charge in [0, 0.05) is 7.05 Å². The Kier molecular flexibility index (Phi) is 2.74. The number of rotatable bonds is 2. The van der Waals surface area contributed by atoms with Gasteiger partial charge in [0.25, 0.3) is 5.91 Å². The molecule has 1 aromatic rings. The first-order valence-corrected chi connectivity index (χ1v) is 3.66. The van der Waals surface area contributed by atoms with Crippen molar-refractivity contribution < 1.29 is 14.0 Å². The zero-order chi connectivity index (χ0) is 9.84. The first kappa shape index (κ1) is 9.38. The molecule has 68 valence electrons. The fraction of sp³-hybridized carbons (Fsp3) is 0.111. The predicted molar refractivity (Wildman–Crippen MR) is 45.2 cm³/mol. The minimum Gasteiger partial charge on any atom is -0.355 e. The summed E-state index contributed by atoms with van der Waals surface area (Å²) >= 11 is 0. The molecule has 1 rings (SSSR count). The van der Waals surface area contributed by atoms with Crippen LogP contribution in [-0.4, -0.2) is 19.2 Å². The molecule has 13 heavy (non-hydrogen) atoms. The van der Waals surface area contributed by atoms with Gasteiger partial charge in [0.05, 0.1) is 11.1 Å². The second-order valence-electron chi connectivity index (χ2n) is 2.41. The van der Waals surface area contributed by atoms with Gasteiger partial charge in [-0.25, -0.2) is 4.39 Å². The number of amides is 1. The number of benzene rings is 1. The van der Waals surface area contributed by atoms with Crippen LogP contribution in [-0.2, 0) is 0 Å². The van der Waals surface area contributed by atoms with Gasteiger partial charge < -0.3 is 5.32 Å². The van der Waals surface area contributed by atoms with Crippen LogP contribution < -0.4 is 5.32 Å². The van der Waals surface area contributed by atoms with Crippen LogP contribution in [0.15, 0.2) is 18.2 Å². The highest BCUT2D eigenvalue weighted by Gasteiger charge is 2.12. The van der Waals surface area contributed by atoms with Gasteiger partial charge >= 0.3 is 0 Å². The minimum atomic E-state index is -0.781. The molecule has 0 bridgehead atoms. The van der Waals surface area contributed by atoms with E-state index in [0.717, 1.165) is 0 Å². The Bertz CT molecular complexity index is 349. The first-order chi connectivity index (χ1) is 6.20. The SMILES string of the molecule is CNC(=O)c1cccc(C=O)c1F. The van der Waals surface area contributed by atoms with Crippen LogP contribution in [0.5, 0.6) is 0 Å². The van der Waals surface area contributed by atoms with Gasteiger partial charge in [0.2, 0.25) is 0 Å². The van der Waals surface area contributed by atoms with E-state index in [4.69, 9.17) is 0 Å². The molecule has 0 aromatic heterocycles. The third-order valence-corrected chi connectivity index (χ3v) is 1.63. The fourth-order valence-electron chi connectivity index (χ4n) is 0.951. The lowest BCUT2D eigenvalue weighted by Crippen LogP contribution is -2.19. The third kappa shape index (κ3) is 1.72. The van der Waals surface area contributed by atoms with Gasteiger partial charge in [-0.05, 0) is 12.1 Å². The van der Waals surface area contributed by atoms with Crippen LogP contribution in [0.1, 0.15) is 20.7 Å². The molecule has 1 N–H and O–H groups in total. The summed E-state index contributed by atoms with van der Waals surface area (Å²) in [7, 11) is 1.40. The number of nitrogens with one attached hydrogen (secondary N) is 1. The largest absolute Gasteiger partial charge is 0.355 e. The lowest BCUT2D eigenvalue weighted by atomic mass is 10.1. The zero-order valence-corrected chi connectivity index (χ0v) is 7.00. The molecule has 0 aliphatic carbocycles. The number of carbonyl (C=O) groups is 2. The van der Waals surface area contributed by atoms with Crippen molar-refractivity contribution in [3.05, 3.63) is 35.1 Å². The molecule has 1 aromatic carbocycles. The Morgan fingerprint density at radius 3 is 2.77 bits per heavy atom. The van der Waals surface area contributed by atoms with Gasteiger partial charge in [0.15, 0.2) is 6.29 Å². The second kappa shape index (κ2) is 3.80. The van der Waals surface area contributed by atoms with Crippen LogP contribution in [0, 0.1) is 5.82 Å². The number of hydrogen-bond acceptors (Lipinski definition) is 2. The van der Waals surface area contributed by atoms with Crippen molar-refractivity contribution in [2.75, 3.05) is 7.05 Å². The lowest BCUT2D eigenvalue weighted by molar-refractivity contribution is 0.0959. The Morgan fingerprint density at radius 1 is 1.54 bits per heavy atom. The van der Waals surface area contributed by atoms with Crippen LogP contribution in [0.2, 0.25) is 0 Å². The van der Waals surface area contributed by atoms with Gasteiger partial charge in [0.1, 0.15) is 5.82 Å². The lowest BCUT2D eigenvalue weighted by Gasteiger charge is -2.02. The molecule has 3 nitrogen and oxygen atoms in total. The molecule has 1 amide bonds. The summed E-state index contributed by atoms with van der Waals surface area (Å²) < 4.78 is 13.2. The Morgan fingerprint density at radius 2 is 2.23 bits per heavy atom. The highest BCUT2D eigenvalue weighted by atomic mass is 19.1. The summed E-state index contributed by atoms with van der Waals surface area (Å²) in [6.45, 7) is 0. The maximum atomic E-state index is 13.2. The van der Waals surface area contributed by atoms with E-state index in [2.05, 4.69) is 5.32 Å². The first-order valence-electron chi connectivity index (χ1n) is 3.66. The Hall–Kier alpha value is -1.71. The molecule has 0 heterocycles. The quantitative estimate of drug-likeness (QED) is 0.692. The summed E-state index contributed by atoms with van der Waals surface area (Å²) in [5, 5.41) is 2.28. The summed E-state index contributed by atoms with van der Waals surface area (Å²) in [5.41, 5.74) is -0.229. The third-order valence-electron chi connectivity index (χ3n) is 1.63. The van der Waals surface area contributed by atoms with E-state index >= 15 is 0 Å². The van der Waals surface area contributed by atoms with E-state index in [1.165, 1.54) is 25.2 Å². The average molecular weight is 181 g/mol. The van der Waals surface area contributed by atoms with E-state index < -0.39 is 11.7 Å². The van der Waals surface area contributed by atoms with Crippen molar-refractivity contribution in [1.82, 2.24) is 5.32 Å². The smallest absolute Gasteiger partial charge is 0.254 e. The molecule has 0 aliphatic heterocycles. The minimum absolute atomic E-state index is 0.110. The zero-order valence-electron chi connectivity index (χ0n) is 7.00. The summed E-state index contributed by atoms with van der Waals surface area (Å²) in [5.74, 6) is -1.32. The summed E-state index contributed by atoms with van der Waals surface area (Å²) in [6.07, 6.45) is 0.377. The fourth-order valence-corrected chi connectivity index (χ4v) is 0.951. The van der Waals surface area contributed by atoms with Gasteiger partial charge in [-0.2, -0.15) is 0 Å². The van der Waals surface area contributed by atoms with Crippen molar-refractivity contribution in [1.29, 1.82) is 0 Å². The highest BCUT2D eigenvalue weighted by molar-refractivity contribution is 5.95. The van der Waals surface area contributed by atoms with Crippen molar-refractivity contribution in [3.8, 4) is 0 Å². The summed E-state index contributed by atoms with van der Waals surface area (Å²) in [6, 6.07) is 4.09. The molecule has 0 radical (unpaired) electrons. The average Bonchev–Trinajstić information content (AvgIpc) is 2.17. The van der Waals surface area contributed by atoms with Crippen molar-refractivity contribution in [3.63, 3.8) is 0 Å². The Balaban J connectivity index is 3.23. The highest BCUT2D eigenvalue weighted by Crippen LogP contribution is 2.10. The molecular formula is C9H8FNO2. The number of hydrogen-bond donors (Lipinski definition) is 1. The van der Waals surface area contributed by atoms with Crippen molar-refractivity contribution in [2.24, 2.45) is 0 Å². The monoisotopic (exact) mass is 181 g/mol. The standard InChI is InChI=1S/C9H8FNO2/c1-11-9(13)7-4-2-3-6(5-12)8(7)10/h2-5H,1H3,(H,11,13). The normalized spacial score (nSPS) is 9.38. The number of carbonyl (C=O) groups excluding carboxylic acids is 2. The maximum Gasteiger partial charge on any atom is 0.254 e. The van der Waals surface area contributed by atoms with E-state index in [1.54, 1.807) is 0 Å². The molecular weight excluding hydrogens is 173 g/mol. The topological polar surface area (TPSA) is 46.2 Å². The van der Waals surface area contributed by atoms with E-state index in [9.17, 15) is 14.0 Å². The van der Waals surface area contributed by atoms with Crippen LogP contribution in [0.4, 0.5) is 4.39 Å². The summed E-state index contributed by atoms with van der Waals surface area (Å²) in [4.78, 5) is 21.4. The second-order valence-corrected chi connectivity index (χ2v) is 2.41. The molecule has 0 saturated heterocycles. The molecule has 0 saturated carbocycles. The van der Waals surface area contributed by atoms with Crippen LogP contribution in [0.3, 0.4) is 0 Å². The van der Waals surface area contributed by atoms with Crippen molar-refractivity contribution in [2.45, 2.75) is 0 Å². The number of aldehydes is 1. The van der Waals surface area contributed by atoms with Crippen molar-refractivity contribution >= 4 is 12.2 Å². The predicted octanol–water partition coefficient (Wildman–Crippen LogP) is 0.998. The molecule has 0 atom stereocenters. The van der Waals surface area contributed by atoms with Gasteiger partial charge in [-0.1, -0.05) is 6.07 Å². The molecule has 4 heteroatoms. The molecule has 0 spiro atoms. The molecule has 0 fully saturated rings. The van der Waals surface area contributed by atoms with Crippen LogP contribution >= 0.6 is 0 Å². The van der Waals surface area contributed by atoms with Gasteiger partial charge in [-0.3, -0.25) is 9.59 Å². The molecule has 0 aliphatic rings.